The van der Waals surface area contributed by atoms with Crippen LogP contribution in [0.1, 0.15) is 17.2 Å². The highest BCUT2D eigenvalue weighted by molar-refractivity contribution is 7.71. The average molecular weight is 484 g/mol. The number of piperazine rings is 1. The molecule has 0 N–H and O–H groups in total. The van der Waals surface area contributed by atoms with Crippen LogP contribution in [0.5, 0.6) is 0 Å². The van der Waals surface area contributed by atoms with Crippen LogP contribution in [0, 0.1) is 18.6 Å². The van der Waals surface area contributed by atoms with Crippen molar-refractivity contribution in [2.75, 3.05) is 31.1 Å². The van der Waals surface area contributed by atoms with Gasteiger partial charge in [-0.3, -0.25) is 9.47 Å². The number of halogens is 4. The summed E-state index contributed by atoms with van der Waals surface area (Å²) in [5.41, 5.74) is 2.05. The summed E-state index contributed by atoms with van der Waals surface area (Å²) in [4.78, 5) is 13.1. The molecule has 12 heteroatoms. The van der Waals surface area contributed by atoms with Crippen LogP contribution < -0.4 is 4.90 Å². The largest absolute Gasteiger partial charge is 0.452 e. The summed E-state index contributed by atoms with van der Waals surface area (Å²) in [5, 5.41) is 4.23. The lowest BCUT2D eigenvalue weighted by molar-refractivity contribution is -0.146. The first-order chi connectivity index (χ1) is 15.1. The van der Waals surface area contributed by atoms with Crippen molar-refractivity contribution in [2.24, 2.45) is 0 Å². The molecule has 1 saturated heterocycles. The third-order valence-corrected chi connectivity index (χ3v) is 5.78. The molecular formula is C20H21ClF3N7S. The molecule has 0 spiro atoms. The van der Waals surface area contributed by atoms with Crippen molar-refractivity contribution in [1.82, 2.24) is 29.2 Å². The number of alkyl halides is 3. The molecule has 1 fully saturated rings. The lowest BCUT2D eigenvalue weighted by Gasteiger charge is -2.34. The molecule has 3 aromatic rings. The minimum Gasteiger partial charge on any atom is -0.338 e. The van der Waals surface area contributed by atoms with Crippen LogP contribution in [0.15, 0.2) is 30.3 Å². The highest BCUT2D eigenvalue weighted by atomic mass is 35.5. The quantitative estimate of drug-likeness (QED) is 0.517. The monoisotopic (exact) mass is 483 g/mol. The first-order valence-electron chi connectivity index (χ1n) is 9.94. The lowest BCUT2D eigenvalue weighted by Crippen LogP contribution is -2.47. The van der Waals surface area contributed by atoms with Crippen molar-refractivity contribution in [1.29, 1.82) is 0 Å². The maximum absolute atomic E-state index is 13.7. The molecule has 1 aliphatic rings. The Morgan fingerprint density at radius 3 is 2.16 bits per heavy atom. The Hall–Kier alpha value is -2.50. The predicted octanol–water partition coefficient (Wildman–Crippen LogP) is 4.26. The summed E-state index contributed by atoms with van der Waals surface area (Å²) in [5.74, 6) is -0.391. The third-order valence-electron chi connectivity index (χ3n) is 5.14. The first kappa shape index (κ1) is 22.7. The predicted molar refractivity (Wildman–Crippen MR) is 118 cm³/mol. The maximum atomic E-state index is 13.7. The zero-order valence-electron chi connectivity index (χ0n) is 17.5. The van der Waals surface area contributed by atoms with Gasteiger partial charge in [-0.25, -0.2) is 14.6 Å². The molecule has 4 rings (SSSR count). The van der Waals surface area contributed by atoms with E-state index >= 15 is 0 Å². The molecule has 2 aromatic heterocycles. The van der Waals surface area contributed by atoms with Gasteiger partial charge in [0.05, 0.1) is 12.4 Å². The summed E-state index contributed by atoms with van der Waals surface area (Å²) in [6, 6.07) is 7.93. The lowest BCUT2D eigenvalue weighted by atomic mass is 10.3. The minimum absolute atomic E-state index is 0.0280. The van der Waals surface area contributed by atoms with Crippen molar-refractivity contribution in [3.8, 4) is 5.69 Å². The van der Waals surface area contributed by atoms with Crippen LogP contribution in [-0.2, 0) is 12.8 Å². The van der Waals surface area contributed by atoms with Gasteiger partial charge in [0, 0.05) is 42.6 Å². The van der Waals surface area contributed by atoms with Crippen molar-refractivity contribution in [2.45, 2.75) is 26.7 Å². The second kappa shape index (κ2) is 8.80. The van der Waals surface area contributed by atoms with Gasteiger partial charge in [0.1, 0.15) is 0 Å². The summed E-state index contributed by atoms with van der Waals surface area (Å²) in [6.45, 7) is 6.54. The number of aromatic nitrogens is 5. The van der Waals surface area contributed by atoms with Crippen LogP contribution >= 0.6 is 23.8 Å². The van der Waals surface area contributed by atoms with Crippen LogP contribution in [0.25, 0.3) is 5.69 Å². The Labute approximate surface area is 193 Å². The molecule has 1 aromatic carbocycles. The number of anilines is 1. The summed E-state index contributed by atoms with van der Waals surface area (Å²) >= 11 is 11.2. The van der Waals surface area contributed by atoms with E-state index in [1.165, 1.54) is 28.9 Å². The highest BCUT2D eigenvalue weighted by Crippen LogP contribution is 2.30. The molecule has 0 saturated carbocycles. The fraction of sp³-hybridized carbons (Fsp3) is 0.400. The van der Waals surface area contributed by atoms with Gasteiger partial charge in [-0.15, -0.1) is 5.10 Å². The zero-order valence-corrected chi connectivity index (χ0v) is 19.0. The van der Waals surface area contributed by atoms with E-state index in [4.69, 9.17) is 23.8 Å². The molecule has 32 heavy (non-hydrogen) atoms. The van der Waals surface area contributed by atoms with Crippen LogP contribution in [0.2, 0.25) is 5.02 Å². The third kappa shape index (κ3) is 4.79. The van der Waals surface area contributed by atoms with Crippen molar-refractivity contribution >= 4 is 29.8 Å². The second-order valence-corrected chi connectivity index (χ2v) is 8.41. The van der Waals surface area contributed by atoms with Gasteiger partial charge < -0.3 is 4.90 Å². The van der Waals surface area contributed by atoms with Gasteiger partial charge in [0.2, 0.25) is 16.5 Å². The van der Waals surface area contributed by atoms with E-state index in [1.807, 2.05) is 24.8 Å². The maximum Gasteiger partial charge on any atom is 0.452 e. The Balaban J connectivity index is 1.54. The smallest absolute Gasteiger partial charge is 0.338 e. The van der Waals surface area contributed by atoms with Gasteiger partial charge in [-0.2, -0.15) is 13.2 Å². The van der Waals surface area contributed by atoms with E-state index in [0.717, 1.165) is 16.0 Å². The highest BCUT2D eigenvalue weighted by Gasteiger charge is 2.39. The Kier molecular flexibility index (Phi) is 6.24. The second-order valence-electron chi connectivity index (χ2n) is 7.61. The van der Waals surface area contributed by atoms with Gasteiger partial charge in [-0.1, -0.05) is 11.6 Å². The molecule has 1 aliphatic heterocycles. The minimum atomic E-state index is -4.66. The average Bonchev–Trinajstić information content (AvgIpc) is 3.05. The first-order valence-corrected chi connectivity index (χ1v) is 10.7. The van der Waals surface area contributed by atoms with E-state index in [0.29, 0.717) is 37.1 Å². The molecule has 0 amide bonds. The van der Waals surface area contributed by atoms with E-state index in [2.05, 4.69) is 20.0 Å². The van der Waals surface area contributed by atoms with Gasteiger partial charge in [-0.05, 0) is 56.4 Å². The molecule has 0 radical (unpaired) electrons. The molecule has 7 nitrogen and oxygen atoms in total. The van der Waals surface area contributed by atoms with Crippen molar-refractivity contribution in [3.05, 3.63) is 57.3 Å². The zero-order chi connectivity index (χ0) is 23.0. The number of hydrogen-bond acceptors (Lipinski definition) is 6. The Morgan fingerprint density at radius 2 is 1.59 bits per heavy atom. The topological polar surface area (TPSA) is 55.0 Å². The number of aryl methyl sites for hydroxylation is 2. The Morgan fingerprint density at radius 1 is 1.00 bits per heavy atom. The number of hydrogen-bond donors (Lipinski definition) is 0. The van der Waals surface area contributed by atoms with Crippen LogP contribution in [0.4, 0.5) is 19.1 Å². The van der Waals surface area contributed by atoms with E-state index in [-0.39, 0.29) is 17.1 Å². The Bertz CT molecular complexity index is 1150. The number of rotatable bonds is 4. The number of nitrogens with zero attached hydrogens (tertiary/aromatic N) is 7. The molecule has 0 unspecified atom stereocenters. The molecule has 0 aliphatic carbocycles. The van der Waals surface area contributed by atoms with E-state index < -0.39 is 12.0 Å². The van der Waals surface area contributed by atoms with Gasteiger partial charge in [0.25, 0.3) is 0 Å². The molecule has 0 bridgehead atoms. The molecule has 0 atom stereocenters. The summed E-state index contributed by atoms with van der Waals surface area (Å²) < 4.78 is 43.2. The van der Waals surface area contributed by atoms with Crippen LogP contribution in [-0.4, -0.2) is 55.4 Å². The fourth-order valence-corrected chi connectivity index (χ4v) is 4.05. The van der Waals surface area contributed by atoms with E-state index in [1.54, 1.807) is 0 Å². The standard InChI is InChI=1S/C20H21ClF3N7S/c1-13-11-14(2)26-18(25-13)29-9-7-28(8-10-29)12-30-19(32)31(17(27-30)20(22,23)24)16-5-3-15(21)4-6-16/h3-6,11H,7-10,12H2,1-2H3. The van der Waals surface area contributed by atoms with Gasteiger partial charge in [0.15, 0.2) is 0 Å². The molecular weight excluding hydrogens is 463 g/mol. The number of benzene rings is 1. The molecule has 3 heterocycles. The van der Waals surface area contributed by atoms with Crippen molar-refractivity contribution in [3.63, 3.8) is 0 Å². The normalized spacial score (nSPS) is 15.4. The van der Waals surface area contributed by atoms with Crippen molar-refractivity contribution < 1.29 is 13.2 Å². The van der Waals surface area contributed by atoms with Gasteiger partial charge >= 0.3 is 6.18 Å². The fourth-order valence-electron chi connectivity index (χ4n) is 3.63. The summed E-state index contributed by atoms with van der Waals surface area (Å²) in [6.07, 6.45) is -4.66. The van der Waals surface area contributed by atoms with E-state index in [9.17, 15) is 13.2 Å². The summed E-state index contributed by atoms with van der Waals surface area (Å²) in [7, 11) is 0. The molecule has 170 valence electrons. The SMILES string of the molecule is Cc1cc(C)nc(N2CCN(Cn3nc(C(F)(F)F)n(-c4ccc(Cl)cc4)c3=S)CC2)n1. The van der Waals surface area contributed by atoms with Crippen LogP contribution in [0.3, 0.4) is 0 Å².